The van der Waals surface area contributed by atoms with E-state index >= 15 is 0 Å². The molecule has 2 aromatic carbocycles. The second-order valence-electron chi connectivity index (χ2n) is 7.22. The van der Waals surface area contributed by atoms with Crippen LogP contribution >= 0.6 is 11.6 Å². The van der Waals surface area contributed by atoms with Gasteiger partial charge in [0.1, 0.15) is 6.04 Å². The van der Waals surface area contributed by atoms with Crippen molar-refractivity contribution < 1.29 is 24.4 Å². The second-order valence-corrected chi connectivity index (χ2v) is 7.65. The first kappa shape index (κ1) is 23.2. The first-order valence-corrected chi connectivity index (χ1v) is 10.5. The Kier molecular flexibility index (Phi) is 7.45. The summed E-state index contributed by atoms with van der Waals surface area (Å²) in [5, 5.41) is 12.0. The Morgan fingerprint density at radius 1 is 1.09 bits per heavy atom. The minimum atomic E-state index is -0.778. The van der Waals surface area contributed by atoms with Crippen LogP contribution in [-0.4, -0.2) is 46.4 Å². The van der Waals surface area contributed by atoms with E-state index in [0.717, 1.165) is 4.90 Å². The van der Waals surface area contributed by atoms with Crippen molar-refractivity contribution in [1.29, 1.82) is 0 Å². The minimum Gasteiger partial charge on any atom is -0.325 e. The summed E-state index contributed by atoms with van der Waals surface area (Å²) < 4.78 is 0. The Morgan fingerprint density at radius 3 is 2.44 bits per heavy atom. The van der Waals surface area contributed by atoms with Gasteiger partial charge in [-0.15, -0.1) is 0 Å². The normalized spacial score (nSPS) is 15.8. The first-order chi connectivity index (χ1) is 15.4. The van der Waals surface area contributed by atoms with Crippen molar-refractivity contribution in [1.82, 2.24) is 10.4 Å². The summed E-state index contributed by atoms with van der Waals surface area (Å²) >= 11 is 5.91. The highest BCUT2D eigenvalue weighted by Gasteiger charge is 2.45. The zero-order valence-corrected chi connectivity index (χ0v) is 18.1. The molecule has 168 valence electrons. The Balaban J connectivity index is 1.72. The van der Waals surface area contributed by atoms with E-state index < -0.39 is 29.8 Å². The molecule has 1 atom stereocenters. The van der Waals surface area contributed by atoms with Crippen LogP contribution in [0.25, 0.3) is 0 Å². The summed E-state index contributed by atoms with van der Waals surface area (Å²) in [6.07, 6.45) is 0.724. The van der Waals surface area contributed by atoms with Crippen LogP contribution in [-0.2, 0) is 9.59 Å². The number of rotatable bonds is 8. The summed E-state index contributed by atoms with van der Waals surface area (Å²) in [5.41, 5.74) is 2.27. The molecule has 1 fully saturated rings. The van der Waals surface area contributed by atoms with E-state index in [1.807, 2.05) is 6.92 Å². The number of hydroxylamine groups is 1. The molecule has 0 saturated carbocycles. The standard InChI is InChI=1S/C22H23ClN4O5/c1-2-13-26-18(21(30)27(22(26)31)15-9-7-14(23)8-10-15)11-12-19(28)24-17-6-4-3-5-16(17)20(29)25-32/h3-10,18,32H,2,11-13H2,1H3,(H,24,28)(H,25,29). The van der Waals surface area contributed by atoms with Gasteiger partial charge in [-0.2, -0.15) is 0 Å². The highest BCUT2D eigenvalue weighted by molar-refractivity contribution is 6.30. The minimum absolute atomic E-state index is 0.0482. The summed E-state index contributed by atoms with van der Waals surface area (Å²) in [5.74, 6) is -1.59. The van der Waals surface area contributed by atoms with Gasteiger partial charge in [0.15, 0.2) is 0 Å². The third-order valence-corrected chi connectivity index (χ3v) is 5.31. The molecule has 1 aliphatic rings. The molecular weight excluding hydrogens is 436 g/mol. The Labute approximate surface area is 189 Å². The van der Waals surface area contributed by atoms with E-state index in [2.05, 4.69) is 5.32 Å². The maximum absolute atomic E-state index is 13.1. The van der Waals surface area contributed by atoms with Gasteiger partial charge in [0.05, 0.1) is 16.9 Å². The molecule has 1 aliphatic heterocycles. The molecular formula is C22H23ClN4O5. The number of hydrogen-bond donors (Lipinski definition) is 3. The van der Waals surface area contributed by atoms with Gasteiger partial charge in [-0.25, -0.2) is 15.2 Å². The van der Waals surface area contributed by atoms with Crippen molar-refractivity contribution in [3.8, 4) is 0 Å². The summed E-state index contributed by atoms with van der Waals surface area (Å²) in [4.78, 5) is 52.8. The molecule has 10 heteroatoms. The van der Waals surface area contributed by atoms with Crippen molar-refractivity contribution in [3.05, 3.63) is 59.1 Å². The summed E-state index contributed by atoms with van der Waals surface area (Å²) in [6.45, 7) is 2.27. The highest BCUT2D eigenvalue weighted by atomic mass is 35.5. The number of carbonyl (C=O) groups is 4. The lowest BCUT2D eigenvalue weighted by atomic mass is 10.1. The first-order valence-electron chi connectivity index (χ1n) is 10.1. The number of imide groups is 1. The molecule has 1 unspecified atom stereocenters. The second kappa shape index (κ2) is 10.3. The van der Waals surface area contributed by atoms with E-state index in [-0.39, 0.29) is 24.1 Å². The molecule has 0 aromatic heterocycles. The Bertz CT molecular complexity index is 1030. The number of amides is 5. The number of anilines is 2. The molecule has 5 amide bonds. The number of hydrogen-bond acceptors (Lipinski definition) is 5. The molecule has 0 spiro atoms. The van der Waals surface area contributed by atoms with Gasteiger partial charge in [0.2, 0.25) is 5.91 Å². The average molecular weight is 459 g/mol. The van der Waals surface area contributed by atoms with Crippen LogP contribution in [0.15, 0.2) is 48.5 Å². The molecule has 0 bridgehead atoms. The topological polar surface area (TPSA) is 119 Å². The monoisotopic (exact) mass is 458 g/mol. The molecule has 32 heavy (non-hydrogen) atoms. The van der Waals surface area contributed by atoms with Gasteiger partial charge in [-0.1, -0.05) is 30.7 Å². The third-order valence-electron chi connectivity index (χ3n) is 5.06. The number of para-hydroxylation sites is 1. The fourth-order valence-electron chi connectivity index (χ4n) is 3.57. The van der Waals surface area contributed by atoms with Crippen molar-refractivity contribution >= 4 is 46.7 Å². The van der Waals surface area contributed by atoms with Crippen LogP contribution in [0.3, 0.4) is 0 Å². The van der Waals surface area contributed by atoms with Gasteiger partial charge in [0, 0.05) is 18.0 Å². The highest BCUT2D eigenvalue weighted by Crippen LogP contribution is 2.28. The molecule has 0 aliphatic carbocycles. The SMILES string of the molecule is CCCN1C(=O)N(c2ccc(Cl)cc2)C(=O)C1CCC(=O)Nc1ccccc1C(=O)NO. The number of nitrogens with zero attached hydrogens (tertiary/aromatic N) is 2. The predicted molar refractivity (Wildman–Crippen MR) is 119 cm³/mol. The Morgan fingerprint density at radius 2 is 1.78 bits per heavy atom. The van der Waals surface area contributed by atoms with E-state index in [1.54, 1.807) is 36.4 Å². The van der Waals surface area contributed by atoms with Crippen LogP contribution < -0.4 is 15.7 Å². The third kappa shape index (κ3) is 4.90. The summed E-state index contributed by atoms with van der Waals surface area (Å²) in [7, 11) is 0. The molecule has 3 N–H and O–H groups in total. The maximum Gasteiger partial charge on any atom is 0.332 e. The summed E-state index contributed by atoms with van der Waals surface area (Å²) in [6, 6.07) is 11.4. The number of urea groups is 1. The smallest absolute Gasteiger partial charge is 0.325 e. The predicted octanol–water partition coefficient (Wildman–Crippen LogP) is 3.43. The van der Waals surface area contributed by atoms with E-state index in [9.17, 15) is 19.2 Å². The van der Waals surface area contributed by atoms with E-state index in [0.29, 0.717) is 23.7 Å². The fraction of sp³-hybridized carbons (Fsp3) is 0.273. The number of nitrogens with one attached hydrogen (secondary N) is 2. The lowest BCUT2D eigenvalue weighted by molar-refractivity contribution is -0.120. The number of carbonyl (C=O) groups excluding carboxylic acids is 4. The lowest BCUT2D eigenvalue weighted by Gasteiger charge is -2.21. The maximum atomic E-state index is 13.1. The molecule has 3 rings (SSSR count). The number of halogens is 1. The largest absolute Gasteiger partial charge is 0.332 e. The number of benzene rings is 2. The van der Waals surface area contributed by atoms with Gasteiger partial charge in [0.25, 0.3) is 11.8 Å². The molecule has 1 saturated heterocycles. The zero-order valence-electron chi connectivity index (χ0n) is 17.4. The van der Waals surface area contributed by atoms with Crippen LogP contribution in [0.2, 0.25) is 5.02 Å². The molecule has 1 heterocycles. The molecule has 0 radical (unpaired) electrons. The van der Waals surface area contributed by atoms with Gasteiger partial charge in [-0.05, 0) is 49.2 Å². The van der Waals surface area contributed by atoms with Gasteiger partial charge < -0.3 is 10.2 Å². The van der Waals surface area contributed by atoms with E-state index in [1.165, 1.54) is 22.5 Å². The fourth-order valence-corrected chi connectivity index (χ4v) is 3.69. The van der Waals surface area contributed by atoms with E-state index in [4.69, 9.17) is 16.8 Å². The van der Waals surface area contributed by atoms with Crippen molar-refractivity contribution in [2.24, 2.45) is 0 Å². The quantitative estimate of drug-likeness (QED) is 0.318. The van der Waals surface area contributed by atoms with Crippen molar-refractivity contribution in [2.45, 2.75) is 32.2 Å². The zero-order chi connectivity index (χ0) is 23.3. The van der Waals surface area contributed by atoms with Crippen molar-refractivity contribution in [2.75, 3.05) is 16.8 Å². The Hall–Kier alpha value is -3.43. The lowest BCUT2D eigenvalue weighted by Crippen LogP contribution is -2.36. The molecule has 2 aromatic rings. The molecule has 9 nitrogen and oxygen atoms in total. The van der Waals surface area contributed by atoms with Crippen LogP contribution in [0.5, 0.6) is 0 Å². The van der Waals surface area contributed by atoms with Crippen LogP contribution in [0.1, 0.15) is 36.5 Å². The average Bonchev–Trinajstić information content (AvgIpc) is 3.02. The van der Waals surface area contributed by atoms with Gasteiger partial charge in [-0.3, -0.25) is 19.6 Å². The van der Waals surface area contributed by atoms with Crippen LogP contribution in [0, 0.1) is 0 Å². The van der Waals surface area contributed by atoms with Crippen LogP contribution in [0.4, 0.5) is 16.2 Å². The van der Waals surface area contributed by atoms with Gasteiger partial charge >= 0.3 is 6.03 Å². The van der Waals surface area contributed by atoms with Crippen molar-refractivity contribution in [3.63, 3.8) is 0 Å².